The minimum Gasteiger partial charge on any atom is -0.494 e. The van der Waals surface area contributed by atoms with Crippen LogP contribution < -0.4 is 15.4 Å². The summed E-state index contributed by atoms with van der Waals surface area (Å²) in [6, 6.07) is 15.8. The summed E-state index contributed by atoms with van der Waals surface area (Å²) < 4.78 is 10.7. The van der Waals surface area contributed by atoms with E-state index >= 15 is 0 Å². The van der Waals surface area contributed by atoms with Crippen LogP contribution in [0.25, 0.3) is 0 Å². The Kier molecular flexibility index (Phi) is 9.40. The Labute approximate surface area is 204 Å². The second-order valence-electron chi connectivity index (χ2n) is 7.73. The SMILES string of the molecule is CCOc1ccc(C(=O)NC(=S)N2CCNC(=O)C2CC(=O)OCCCc2ccccc2)cc1. The van der Waals surface area contributed by atoms with E-state index in [-0.39, 0.29) is 24.0 Å². The zero-order valence-electron chi connectivity index (χ0n) is 19.1. The fourth-order valence-corrected chi connectivity index (χ4v) is 3.91. The Morgan fingerprint density at radius 2 is 1.88 bits per heavy atom. The molecule has 0 saturated carbocycles. The molecule has 1 fully saturated rings. The van der Waals surface area contributed by atoms with E-state index in [0.717, 1.165) is 6.42 Å². The Morgan fingerprint density at radius 3 is 2.59 bits per heavy atom. The van der Waals surface area contributed by atoms with Gasteiger partial charge in [0.25, 0.3) is 5.91 Å². The van der Waals surface area contributed by atoms with Crippen LogP contribution in [-0.4, -0.2) is 60.1 Å². The molecule has 9 heteroatoms. The molecule has 0 spiro atoms. The fourth-order valence-electron chi connectivity index (χ4n) is 3.59. The Morgan fingerprint density at radius 1 is 1.15 bits per heavy atom. The summed E-state index contributed by atoms with van der Waals surface area (Å²) in [6.07, 6.45) is 1.33. The molecule has 0 aromatic heterocycles. The van der Waals surface area contributed by atoms with Gasteiger partial charge in [0.05, 0.1) is 19.6 Å². The van der Waals surface area contributed by atoms with Crippen molar-refractivity contribution in [3.63, 3.8) is 0 Å². The van der Waals surface area contributed by atoms with Gasteiger partial charge in [-0.2, -0.15) is 0 Å². The van der Waals surface area contributed by atoms with Crippen LogP contribution in [0.4, 0.5) is 0 Å². The molecule has 1 aliphatic rings. The lowest BCUT2D eigenvalue weighted by atomic mass is 10.1. The number of carbonyl (C=O) groups is 3. The van der Waals surface area contributed by atoms with E-state index in [1.165, 1.54) is 5.56 Å². The predicted octanol–water partition coefficient (Wildman–Crippen LogP) is 2.47. The van der Waals surface area contributed by atoms with E-state index in [1.54, 1.807) is 29.2 Å². The number of esters is 1. The van der Waals surface area contributed by atoms with E-state index in [4.69, 9.17) is 21.7 Å². The third-order valence-corrected chi connectivity index (χ3v) is 5.65. The second kappa shape index (κ2) is 12.7. The van der Waals surface area contributed by atoms with Crippen molar-refractivity contribution in [1.82, 2.24) is 15.5 Å². The van der Waals surface area contributed by atoms with Gasteiger partial charge < -0.3 is 19.7 Å². The number of nitrogens with one attached hydrogen (secondary N) is 2. The zero-order chi connectivity index (χ0) is 24.3. The first-order valence-electron chi connectivity index (χ1n) is 11.3. The number of piperazine rings is 1. The lowest BCUT2D eigenvalue weighted by molar-refractivity contribution is -0.147. The van der Waals surface area contributed by atoms with Gasteiger partial charge in [-0.1, -0.05) is 30.3 Å². The average molecular weight is 484 g/mol. The smallest absolute Gasteiger partial charge is 0.308 e. The number of aryl methyl sites for hydroxylation is 1. The van der Waals surface area contributed by atoms with Crippen molar-refractivity contribution in [3.8, 4) is 5.75 Å². The Bertz CT molecular complexity index is 997. The molecule has 1 heterocycles. The average Bonchev–Trinajstić information content (AvgIpc) is 2.84. The first-order valence-corrected chi connectivity index (χ1v) is 11.7. The highest BCUT2D eigenvalue weighted by Gasteiger charge is 2.34. The predicted molar refractivity (Wildman–Crippen MR) is 132 cm³/mol. The highest BCUT2D eigenvalue weighted by atomic mass is 32.1. The van der Waals surface area contributed by atoms with E-state index in [2.05, 4.69) is 10.6 Å². The van der Waals surface area contributed by atoms with Crippen LogP contribution in [0.3, 0.4) is 0 Å². The minimum atomic E-state index is -0.844. The summed E-state index contributed by atoms with van der Waals surface area (Å²) in [7, 11) is 0. The van der Waals surface area contributed by atoms with Crippen LogP contribution in [0.5, 0.6) is 5.75 Å². The van der Waals surface area contributed by atoms with Gasteiger partial charge in [0.15, 0.2) is 5.11 Å². The number of thiocarbonyl (C=S) groups is 1. The summed E-state index contributed by atoms with van der Waals surface area (Å²) in [4.78, 5) is 39.0. The number of amides is 2. The van der Waals surface area contributed by atoms with E-state index in [1.807, 2.05) is 37.3 Å². The highest BCUT2D eigenvalue weighted by molar-refractivity contribution is 7.80. The van der Waals surface area contributed by atoms with Crippen LogP contribution in [0, 0.1) is 0 Å². The first kappa shape index (κ1) is 25.2. The van der Waals surface area contributed by atoms with Crippen molar-refractivity contribution in [3.05, 3.63) is 65.7 Å². The summed E-state index contributed by atoms with van der Waals surface area (Å²) in [5, 5.41) is 5.49. The van der Waals surface area contributed by atoms with Crippen LogP contribution >= 0.6 is 12.2 Å². The molecule has 0 aliphatic carbocycles. The molecule has 0 bridgehead atoms. The summed E-state index contributed by atoms with van der Waals surface area (Å²) >= 11 is 5.40. The largest absolute Gasteiger partial charge is 0.494 e. The third-order valence-electron chi connectivity index (χ3n) is 5.32. The van der Waals surface area contributed by atoms with Crippen LogP contribution in [0.15, 0.2) is 54.6 Å². The zero-order valence-corrected chi connectivity index (χ0v) is 19.9. The van der Waals surface area contributed by atoms with E-state index in [9.17, 15) is 14.4 Å². The normalized spacial score (nSPS) is 15.3. The molecule has 2 N–H and O–H groups in total. The Hall–Kier alpha value is -3.46. The van der Waals surface area contributed by atoms with Gasteiger partial charge in [-0.05, 0) is 61.8 Å². The van der Waals surface area contributed by atoms with Gasteiger partial charge in [-0.15, -0.1) is 0 Å². The fraction of sp³-hybridized carbons (Fsp3) is 0.360. The molecule has 3 rings (SSSR count). The number of benzene rings is 2. The maximum atomic E-state index is 12.6. The molecule has 0 radical (unpaired) electrons. The summed E-state index contributed by atoms with van der Waals surface area (Å²) in [5.74, 6) is -0.552. The lowest BCUT2D eigenvalue weighted by Crippen LogP contribution is -2.60. The van der Waals surface area contributed by atoms with Crippen LogP contribution in [0.1, 0.15) is 35.7 Å². The second-order valence-corrected chi connectivity index (χ2v) is 8.12. The van der Waals surface area contributed by atoms with Crippen LogP contribution in [-0.2, 0) is 20.7 Å². The maximum absolute atomic E-state index is 12.6. The summed E-state index contributed by atoms with van der Waals surface area (Å²) in [6.45, 7) is 3.41. The minimum absolute atomic E-state index is 0.0932. The molecule has 34 heavy (non-hydrogen) atoms. The van der Waals surface area contributed by atoms with E-state index in [0.29, 0.717) is 37.4 Å². The van der Waals surface area contributed by atoms with Gasteiger partial charge in [-0.3, -0.25) is 19.7 Å². The third kappa shape index (κ3) is 7.28. The Balaban J connectivity index is 1.51. The van der Waals surface area contributed by atoms with Crippen molar-refractivity contribution in [2.24, 2.45) is 0 Å². The lowest BCUT2D eigenvalue weighted by Gasteiger charge is -2.36. The molecule has 1 saturated heterocycles. The number of ether oxygens (including phenoxy) is 2. The number of carbonyl (C=O) groups excluding carboxylic acids is 3. The van der Waals surface area contributed by atoms with E-state index < -0.39 is 17.9 Å². The molecule has 180 valence electrons. The number of nitrogens with zero attached hydrogens (tertiary/aromatic N) is 1. The van der Waals surface area contributed by atoms with Crippen molar-refractivity contribution >= 4 is 35.1 Å². The molecular weight excluding hydrogens is 454 g/mol. The van der Waals surface area contributed by atoms with Crippen LogP contribution in [0.2, 0.25) is 0 Å². The van der Waals surface area contributed by atoms with Crippen molar-refractivity contribution in [1.29, 1.82) is 0 Å². The van der Waals surface area contributed by atoms with Gasteiger partial charge in [0.2, 0.25) is 5.91 Å². The molecule has 1 unspecified atom stereocenters. The monoisotopic (exact) mass is 483 g/mol. The van der Waals surface area contributed by atoms with Gasteiger partial charge in [0, 0.05) is 18.7 Å². The first-order chi connectivity index (χ1) is 16.5. The molecular formula is C25H29N3O5S. The number of hydrogen-bond acceptors (Lipinski definition) is 6. The summed E-state index contributed by atoms with van der Waals surface area (Å²) in [5.41, 5.74) is 1.58. The molecule has 2 amide bonds. The number of hydrogen-bond donors (Lipinski definition) is 2. The molecule has 1 atom stereocenters. The topological polar surface area (TPSA) is 97.0 Å². The molecule has 1 aliphatic heterocycles. The van der Waals surface area contributed by atoms with Crippen molar-refractivity contribution in [2.75, 3.05) is 26.3 Å². The number of rotatable bonds is 9. The molecule has 8 nitrogen and oxygen atoms in total. The van der Waals surface area contributed by atoms with Crippen molar-refractivity contribution in [2.45, 2.75) is 32.2 Å². The van der Waals surface area contributed by atoms with Crippen molar-refractivity contribution < 1.29 is 23.9 Å². The molecule has 2 aromatic carbocycles. The van der Waals surface area contributed by atoms with Gasteiger partial charge in [-0.25, -0.2) is 0 Å². The van der Waals surface area contributed by atoms with Gasteiger partial charge >= 0.3 is 5.97 Å². The maximum Gasteiger partial charge on any atom is 0.308 e. The highest BCUT2D eigenvalue weighted by Crippen LogP contribution is 2.14. The van der Waals surface area contributed by atoms with Gasteiger partial charge in [0.1, 0.15) is 11.8 Å². The quantitative estimate of drug-likeness (QED) is 0.321. The standard InChI is InChI=1S/C25H29N3O5S/c1-2-32-20-12-10-19(11-13-20)23(30)27-25(34)28-15-14-26-24(31)21(28)17-22(29)33-16-6-9-18-7-4-3-5-8-18/h3-5,7-8,10-13,21H,2,6,9,14-17H2,1H3,(H,26,31)(H,27,30,34). The molecule has 2 aromatic rings.